The maximum absolute atomic E-state index is 7.00. The minimum atomic E-state index is 0. The third-order valence-electron chi connectivity index (χ3n) is 3.29. The van der Waals surface area contributed by atoms with Crippen molar-refractivity contribution in [3.05, 3.63) is 22.3 Å². The van der Waals surface area contributed by atoms with Gasteiger partial charge in [-0.15, -0.1) is 0 Å². The molecule has 0 saturated heterocycles. The van der Waals surface area contributed by atoms with E-state index in [1.165, 1.54) is 51.4 Å². The van der Waals surface area contributed by atoms with Crippen LogP contribution < -0.4 is 0 Å². The SMILES string of the molecule is CC1CCCC1.CC1CCCC1.CO.[CH3-].[CH3-].[CH3-].[Zr+3]. The molecule has 0 aromatic heterocycles. The summed E-state index contributed by atoms with van der Waals surface area (Å²) in [5.41, 5.74) is 0. The largest absolute Gasteiger partial charge is 3.00 e. The summed E-state index contributed by atoms with van der Waals surface area (Å²) in [6.07, 6.45) is 11.9. The minimum absolute atomic E-state index is 0. The molecular weight excluding hydrogens is 299 g/mol. The van der Waals surface area contributed by atoms with Gasteiger partial charge in [0.2, 0.25) is 0 Å². The fourth-order valence-corrected chi connectivity index (χ4v) is 2.26. The molecule has 0 heterocycles. The van der Waals surface area contributed by atoms with Crippen LogP contribution in [0.2, 0.25) is 0 Å². The van der Waals surface area contributed by atoms with Crippen molar-refractivity contribution >= 4 is 0 Å². The van der Waals surface area contributed by atoms with E-state index in [0.29, 0.717) is 0 Å². The van der Waals surface area contributed by atoms with Crippen molar-refractivity contribution < 1.29 is 31.3 Å². The normalized spacial score (nSPS) is 17.3. The maximum atomic E-state index is 7.00. The van der Waals surface area contributed by atoms with Gasteiger partial charge < -0.3 is 27.4 Å². The van der Waals surface area contributed by atoms with Gasteiger partial charge in [0, 0.05) is 7.11 Å². The summed E-state index contributed by atoms with van der Waals surface area (Å²) in [6.45, 7) is 4.68. The smallest absolute Gasteiger partial charge is 0.400 e. The third kappa shape index (κ3) is 19.2. The molecule has 2 saturated carbocycles. The molecule has 0 amide bonds. The van der Waals surface area contributed by atoms with E-state index in [0.717, 1.165) is 18.9 Å². The summed E-state index contributed by atoms with van der Waals surface area (Å²) in [7, 11) is 1.00. The molecule has 0 aromatic carbocycles. The number of hydrogen-bond donors (Lipinski definition) is 1. The first-order valence-electron chi connectivity index (χ1n) is 6.23. The van der Waals surface area contributed by atoms with E-state index in [1.807, 2.05) is 0 Å². The second-order valence-electron chi connectivity index (χ2n) is 4.78. The molecule has 0 atom stereocenters. The van der Waals surface area contributed by atoms with Gasteiger partial charge in [-0.1, -0.05) is 65.2 Å². The van der Waals surface area contributed by atoms with Gasteiger partial charge in [-0.2, -0.15) is 0 Å². The van der Waals surface area contributed by atoms with Gasteiger partial charge in [0.05, 0.1) is 0 Å². The van der Waals surface area contributed by atoms with Crippen LogP contribution in [0.4, 0.5) is 0 Å². The fourth-order valence-electron chi connectivity index (χ4n) is 2.26. The zero-order chi connectivity index (χ0) is 10.8. The predicted molar refractivity (Wildman–Crippen MR) is 82.6 cm³/mol. The van der Waals surface area contributed by atoms with Crippen LogP contribution in [0.25, 0.3) is 0 Å². The molecule has 0 aromatic rings. The quantitative estimate of drug-likeness (QED) is 0.591. The van der Waals surface area contributed by atoms with Gasteiger partial charge >= 0.3 is 26.2 Å². The summed E-state index contributed by atoms with van der Waals surface area (Å²) in [6, 6.07) is 0. The monoisotopic (exact) mass is 335 g/mol. The van der Waals surface area contributed by atoms with Crippen LogP contribution in [0.5, 0.6) is 0 Å². The predicted octanol–water partition coefficient (Wildman–Crippen LogP) is 5.35. The molecule has 18 heavy (non-hydrogen) atoms. The molecule has 2 heteroatoms. The summed E-state index contributed by atoms with van der Waals surface area (Å²) in [5.74, 6) is 2.09. The number of aliphatic hydroxyl groups is 1. The zero-order valence-electron chi connectivity index (χ0n) is 13.8. The molecule has 1 N–H and O–H groups in total. The molecule has 2 fully saturated rings. The maximum Gasteiger partial charge on any atom is 3.00 e. The molecule has 111 valence electrons. The second kappa shape index (κ2) is 23.0. The Bertz CT molecular complexity index is 91.7. The van der Waals surface area contributed by atoms with Crippen molar-refractivity contribution in [1.29, 1.82) is 0 Å². The number of hydrogen-bond acceptors (Lipinski definition) is 1. The van der Waals surface area contributed by atoms with Gasteiger partial charge in [0.25, 0.3) is 0 Å². The molecule has 0 aliphatic heterocycles. The summed E-state index contributed by atoms with van der Waals surface area (Å²) >= 11 is 0. The standard InChI is InChI=1S/2C6H12.CH4O.3CH3.Zr/c2*1-6-4-2-3-5-6;1-2;;;;/h2*6H,2-5H2,1H3;2H,1H3;3*1H3;/q;;;3*-1;+3. The van der Waals surface area contributed by atoms with Gasteiger partial charge in [0.1, 0.15) is 0 Å². The van der Waals surface area contributed by atoms with Crippen molar-refractivity contribution in [3.63, 3.8) is 0 Å². The van der Waals surface area contributed by atoms with E-state index in [4.69, 9.17) is 5.11 Å². The Morgan fingerprint density at radius 1 is 0.611 bits per heavy atom. The van der Waals surface area contributed by atoms with Gasteiger partial charge in [-0.25, -0.2) is 0 Å². The fraction of sp³-hybridized carbons (Fsp3) is 0.812. The molecule has 0 unspecified atom stereocenters. The van der Waals surface area contributed by atoms with E-state index in [9.17, 15) is 0 Å². The molecule has 2 rings (SSSR count). The number of aliphatic hydroxyl groups excluding tert-OH is 1. The Kier molecular flexibility index (Phi) is 40.0. The third-order valence-corrected chi connectivity index (χ3v) is 3.29. The Morgan fingerprint density at radius 3 is 0.833 bits per heavy atom. The van der Waals surface area contributed by atoms with Crippen LogP contribution >= 0.6 is 0 Å². The van der Waals surface area contributed by atoms with E-state index in [1.54, 1.807) is 0 Å². The zero-order valence-corrected chi connectivity index (χ0v) is 16.2. The Hall–Kier alpha value is 0.843. The van der Waals surface area contributed by atoms with Crippen LogP contribution in [0.15, 0.2) is 0 Å². The van der Waals surface area contributed by atoms with E-state index >= 15 is 0 Å². The van der Waals surface area contributed by atoms with Crippen molar-refractivity contribution in [2.45, 2.75) is 65.2 Å². The van der Waals surface area contributed by atoms with Crippen molar-refractivity contribution in [2.75, 3.05) is 7.11 Å². The van der Waals surface area contributed by atoms with Crippen molar-refractivity contribution in [3.8, 4) is 0 Å². The first kappa shape index (κ1) is 31.3. The molecule has 0 spiro atoms. The average Bonchev–Trinajstić information content (AvgIpc) is 2.83. The van der Waals surface area contributed by atoms with Crippen molar-refractivity contribution in [1.82, 2.24) is 0 Å². The van der Waals surface area contributed by atoms with Crippen LogP contribution in [-0.4, -0.2) is 12.2 Å². The van der Waals surface area contributed by atoms with Crippen LogP contribution in [0.1, 0.15) is 65.2 Å². The molecule has 1 radical (unpaired) electrons. The second-order valence-corrected chi connectivity index (χ2v) is 4.78. The molecular formula is C16H37OZr. The molecule has 2 aliphatic rings. The van der Waals surface area contributed by atoms with E-state index in [2.05, 4.69) is 13.8 Å². The summed E-state index contributed by atoms with van der Waals surface area (Å²) < 4.78 is 0. The van der Waals surface area contributed by atoms with Crippen LogP contribution in [-0.2, 0) is 26.2 Å². The molecule has 2 aliphatic carbocycles. The minimum Gasteiger partial charge on any atom is -0.400 e. The first-order chi connectivity index (χ1) is 6.79. The van der Waals surface area contributed by atoms with E-state index in [-0.39, 0.29) is 48.5 Å². The van der Waals surface area contributed by atoms with Crippen molar-refractivity contribution in [2.24, 2.45) is 11.8 Å². The topological polar surface area (TPSA) is 20.2 Å². The van der Waals surface area contributed by atoms with Gasteiger partial charge in [-0.05, 0) is 11.8 Å². The molecule has 0 bridgehead atoms. The Labute approximate surface area is 137 Å². The van der Waals surface area contributed by atoms with Crippen LogP contribution in [0.3, 0.4) is 0 Å². The summed E-state index contributed by atoms with van der Waals surface area (Å²) in [5, 5.41) is 7.00. The van der Waals surface area contributed by atoms with Gasteiger partial charge in [0.15, 0.2) is 0 Å². The first-order valence-corrected chi connectivity index (χ1v) is 6.23. The number of rotatable bonds is 0. The van der Waals surface area contributed by atoms with E-state index < -0.39 is 0 Å². The Balaban J connectivity index is -0.0000000460. The average molecular weight is 337 g/mol. The molecule has 1 nitrogen and oxygen atoms in total. The summed E-state index contributed by atoms with van der Waals surface area (Å²) in [4.78, 5) is 0. The Morgan fingerprint density at radius 2 is 0.778 bits per heavy atom. The van der Waals surface area contributed by atoms with Gasteiger partial charge in [-0.3, -0.25) is 0 Å². The van der Waals surface area contributed by atoms with Crippen LogP contribution in [0, 0.1) is 34.1 Å².